The predicted octanol–water partition coefficient (Wildman–Crippen LogP) is 2.60. The number of sulfonamides is 1. The van der Waals surface area contributed by atoms with Crippen molar-refractivity contribution >= 4 is 10.0 Å². The Kier molecular flexibility index (Phi) is 3.37. The second-order valence-corrected chi connectivity index (χ2v) is 7.43. The van der Waals surface area contributed by atoms with E-state index >= 15 is 0 Å². The maximum absolute atomic E-state index is 12.9. The van der Waals surface area contributed by atoms with Crippen LogP contribution in [0, 0.1) is 13.8 Å². The molecule has 0 N–H and O–H groups in total. The molecule has 3 rings (SSSR count). The van der Waals surface area contributed by atoms with Gasteiger partial charge in [0.05, 0.1) is 0 Å². The van der Waals surface area contributed by atoms with Crippen LogP contribution in [-0.4, -0.2) is 24.4 Å². The van der Waals surface area contributed by atoms with Gasteiger partial charge in [-0.05, 0) is 30.9 Å². The fourth-order valence-electron chi connectivity index (χ4n) is 2.97. The third kappa shape index (κ3) is 2.28. The lowest BCUT2D eigenvalue weighted by Crippen LogP contribution is -2.37. The summed E-state index contributed by atoms with van der Waals surface area (Å²) in [6.07, 6.45) is 0. The van der Waals surface area contributed by atoms with Crippen LogP contribution in [0.25, 0.3) is 0 Å². The van der Waals surface area contributed by atoms with E-state index in [2.05, 4.69) is 11.2 Å². The van der Waals surface area contributed by atoms with Gasteiger partial charge in [0.25, 0.3) is 0 Å². The first-order chi connectivity index (χ1) is 9.91. The Morgan fingerprint density at radius 3 is 2.67 bits per heavy atom. The summed E-state index contributed by atoms with van der Waals surface area (Å²) >= 11 is 0. The molecular formula is C15H18N2O3S. The molecule has 2 aromatic rings. The molecule has 1 aliphatic rings. The quantitative estimate of drug-likeness (QED) is 0.855. The minimum absolute atomic E-state index is 0.171. The summed E-state index contributed by atoms with van der Waals surface area (Å²) < 4.78 is 32.3. The molecule has 0 bridgehead atoms. The second kappa shape index (κ2) is 4.96. The standard InChI is InChI=1S/C15H18N2O3S/c1-10-8-17(9-13-6-4-5-7-14(10)13)21(18,19)15-11(2)16-20-12(15)3/h4-7,10H,8-9H2,1-3H3. The van der Waals surface area contributed by atoms with Crippen LogP contribution >= 0.6 is 0 Å². The Bertz CT molecular complexity index is 760. The third-order valence-electron chi connectivity index (χ3n) is 3.98. The Labute approximate surface area is 124 Å². The van der Waals surface area contributed by atoms with Gasteiger partial charge in [0, 0.05) is 13.1 Å². The largest absolute Gasteiger partial charge is 0.360 e. The first-order valence-corrected chi connectivity index (χ1v) is 8.36. The highest BCUT2D eigenvalue weighted by atomic mass is 32.2. The molecule has 1 aromatic carbocycles. The third-order valence-corrected chi connectivity index (χ3v) is 6.03. The molecule has 112 valence electrons. The number of aromatic nitrogens is 1. The Balaban J connectivity index is 2.03. The van der Waals surface area contributed by atoms with Gasteiger partial charge in [0.15, 0.2) is 5.76 Å². The number of nitrogens with zero attached hydrogens (tertiary/aromatic N) is 2. The Morgan fingerprint density at radius 2 is 2.00 bits per heavy atom. The number of benzene rings is 1. The number of aryl methyl sites for hydroxylation is 2. The van der Waals surface area contributed by atoms with Crippen molar-refractivity contribution in [2.75, 3.05) is 6.54 Å². The van der Waals surface area contributed by atoms with Crippen molar-refractivity contribution in [2.45, 2.75) is 38.1 Å². The lowest BCUT2D eigenvalue weighted by molar-refractivity contribution is 0.361. The van der Waals surface area contributed by atoms with Crippen molar-refractivity contribution in [3.8, 4) is 0 Å². The van der Waals surface area contributed by atoms with E-state index in [1.165, 1.54) is 9.87 Å². The molecule has 0 saturated carbocycles. The summed E-state index contributed by atoms with van der Waals surface area (Å²) in [6.45, 7) is 6.21. The first-order valence-electron chi connectivity index (χ1n) is 6.92. The van der Waals surface area contributed by atoms with E-state index in [4.69, 9.17) is 4.52 Å². The summed E-state index contributed by atoms with van der Waals surface area (Å²) in [4.78, 5) is 0.203. The first kappa shape index (κ1) is 14.3. The molecule has 1 atom stereocenters. The highest BCUT2D eigenvalue weighted by Gasteiger charge is 2.35. The summed E-state index contributed by atoms with van der Waals surface area (Å²) in [5.41, 5.74) is 2.70. The molecule has 0 saturated heterocycles. The molecule has 21 heavy (non-hydrogen) atoms. The van der Waals surface area contributed by atoms with E-state index < -0.39 is 10.0 Å². The van der Waals surface area contributed by atoms with E-state index in [1.54, 1.807) is 13.8 Å². The zero-order chi connectivity index (χ0) is 15.2. The molecule has 6 heteroatoms. The van der Waals surface area contributed by atoms with Crippen LogP contribution in [0.5, 0.6) is 0 Å². The minimum Gasteiger partial charge on any atom is -0.360 e. The lowest BCUT2D eigenvalue weighted by Gasteiger charge is -2.32. The van der Waals surface area contributed by atoms with E-state index in [0.717, 1.165) is 5.56 Å². The molecule has 1 aliphatic heterocycles. The summed E-state index contributed by atoms with van der Waals surface area (Å²) in [5.74, 6) is 0.518. The van der Waals surface area contributed by atoms with Crippen LogP contribution in [0.15, 0.2) is 33.7 Å². The molecule has 1 unspecified atom stereocenters. The van der Waals surface area contributed by atoms with Crippen molar-refractivity contribution < 1.29 is 12.9 Å². The number of hydrogen-bond acceptors (Lipinski definition) is 4. The maximum atomic E-state index is 12.9. The molecule has 1 aromatic heterocycles. The molecule has 2 heterocycles. The van der Waals surface area contributed by atoms with Crippen LogP contribution in [0.1, 0.15) is 35.4 Å². The van der Waals surface area contributed by atoms with E-state index in [-0.39, 0.29) is 10.8 Å². The van der Waals surface area contributed by atoms with Gasteiger partial charge in [-0.2, -0.15) is 4.31 Å². The Hall–Kier alpha value is -1.66. The highest BCUT2D eigenvalue weighted by molar-refractivity contribution is 7.89. The van der Waals surface area contributed by atoms with Crippen molar-refractivity contribution in [3.63, 3.8) is 0 Å². The normalized spacial score (nSPS) is 19.5. The fourth-order valence-corrected chi connectivity index (χ4v) is 4.77. The van der Waals surface area contributed by atoms with Crippen LogP contribution in [0.3, 0.4) is 0 Å². The summed E-state index contributed by atoms with van der Waals surface area (Å²) in [7, 11) is -3.58. The molecule has 0 fully saturated rings. The minimum atomic E-state index is -3.58. The molecule has 5 nitrogen and oxygen atoms in total. The topological polar surface area (TPSA) is 63.4 Å². The van der Waals surface area contributed by atoms with E-state index in [1.807, 2.05) is 25.1 Å². The zero-order valence-electron chi connectivity index (χ0n) is 12.3. The monoisotopic (exact) mass is 306 g/mol. The predicted molar refractivity (Wildman–Crippen MR) is 78.4 cm³/mol. The lowest BCUT2D eigenvalue weighted by atomic mass is 9.92. The fraction of sp³-hybridized carbons (Fsp3) is 0.400. The van der Waals surface area contributed by atoms with Gasteiger partial charge < -0.3 is 4.52 Å². The number of rotatable bonds is 2. The second-order valence-electron chi connectivity index (χ2n) is 5.55. The van der Waals surface area contributed by atoms with Gasteiger partial charge in [-0.3, -0.25) is 0 Å². The van der Waals surface area contributed by atoms with Crippen LogP contribution in [0.4, 0.5) is 0 Å². The van der Waals surface area contributed by atoms with Crippen molar-refractivity contribution in [3.05, 3.63) is 46.8 Å². The molecule has 0 spiro atoms. The van der Waals surface area contributed by atoms with E-state index in [0.29, 0.717) is 24.5 Å². The SMILES string of the molecule is Cc1noc(C)c1S(=O)(=O)N1Cc2ccccc2C(C)C1. The summed E-state index contributed by atoms with van der Waals surface area (Å²) in [6, 6.07) is 7.99. The van der Waals surface area contributed by atoms with Gasteiger partial charge in [-0.1, -0.05) is 36.3 Å². The van der Waals surface area contributed by atoms with Crippen LogP contribution in [-0.2, 0) is 16.6 Å². The Morgan fingerprint density at radius 1 is 1.29 bits per heavy atom. The van der Waals surface area contributed by atoms with E-state index in [9.17, 15) is 8.42 Å². The molecule has 0 aliphatic carbocycles. The van der Waals surface area contributed by atoms with Crippen LogP contribution in [0.2, 0.25) is 0 Å². The van der Waals surface area contributed by atoms with Gasteiger partial charge in [0.2, 0.25) is 10.0 Å². The smallest absolute Gasteiger partial charge is 0.248 e. The highest BCUT2D eigenvalue weighted by Crippen LogP contribution is 2.32. The van der Waals surface area contributed by atoms with Gasteiger partial charge in [-0.25, -0.2) is 8.42 Å². The number of hydrogen-bond donors (Lipinski definition) is 0. The van der Waals surface area contributed by atoms with Gasteiger partial charge >= 0.3 is 0 Å². The van der Waals surface area contributed by atoms with Crippen LogP contribution < -0.4 is 0 Å². The maximum Gasteiger partial charge on any atom is 0.248 e. The zero-order valence-corrected chi connectivity index (χ0v) is 13.1. The average molecular weight is 306 g/mol. The number of fused-ring (bicyclic) bond motifs is 1. The van der Waals surface area contributed by atoms with Crippen molar-refractivity contribution in [1.82, 2.24) is 9.46 Å². The van der Waals surface area contributed by atoms with Gasteiger partial charge in [-0.15, -0.1) is 0 Å². The van der Waals surface area contributed by atoms with Crippen molar-refractivity contribution in [1.29, 1.82) is 0 Å². The average Bonchev–Trinajstić information content (AvgIpc) is 2.78. The van der Waals surface area contributed by atoms with Gasteiger partial charge in [0.1, 0.15) is 10.6 Å². The summed E-state index contributed by atoms with van der Waals surface area (Å²) in [5, 5.41) is 3.76. The van der Waals surface area contributed by atoms with Crippen molar-refractivity contribution in [2.24, 2.45) is 0 Å². The molecule has 0 amide bonds. The molecule has 0 radical (unpaired) electrons. The molecular weight excluding hydrogens is 288 g/mol.